The smallest absolute Gasteiger partial charge is 0.256 e. The van der Waals surface area contributed by atoms with E-state index in [2.05, 4.69) is 9.80 Å². The van der Waals surface area contributed by atoms with Crippen LogP contribution in [-0.2, 0) is 0 Å². The highest BCUT2D eigenvalue weighted by Crippen LogP contribution is 2.24. The Morgan fingerprint density at radius 1 is 0.857 bits per heavy atom. The maximum atomic E-state index is 14.0. The van der Waals surface area contributed by atoms with Gasteiger partial charge in [-0.05, 0) is 37.1 Å². The van der Waals surface area contributed by atoms with E-state index in [0.29, 0.717) is 18.8 Å². The van der Waals surface area contributed by atoms with Gasteiger partial charge in [0, 0.05) is 45.3 Å². The first-order valence-electron chi connectivity index (χ1n) is 9.91. The van der Waals surface area contributed by atoms with Crippen molar-refractivity contribution in [3.05, 3.63) is 65.7 Å². The zero-order chi connectivity index (χ0) is 19.5. The molecule has 4 nitrogen and oxygen atoms in total. The molecule has 6 heteroatoms. The van der Waals surface area contributed by atoms with Crippen LogP contribution in [0.3, 0.4) is 0 Å². The van der Waals surface area contributed by atoms with E-state index in [9.17, 15) is 13.6 Å². The highest BCUT2D eigenvalue weighted by molar-refractivity contribution is 5.94. The minimum absolute atomic E-state index is 0.146. The fraction of sp³-hybridized carbons (Fsp3) is 0.409. The number of benzene rings is 2. The van der Waals surface area contributed by atoms with Gasteiger partial charge in [0.05, 0.1) is 11.3 Å². The third-order valence-electron chi connectivity index (χ3n) is 5.81. The lowest BCUT2D eigenvalue weighted by atomic mass is 10.0. The van der Waals surface area contributed by atoms with E-state index in [4.69, 9.17) is 0 Å². The summed E-state index contributed by atoms with van der Waals surface area (Å²) in [5, 5.41) is 0. The number of likely N-dealkylation sites (tertiary alicyclic amines) is 1. The Morgan fingerprint density at radius 3 is 2.25 bits per heavy atom. The zero-order valence-electron chi connectivity index (χ0n) is 15.9. The number of hydrogen-bond donors (Lipinski definition) is 0. The molecule has 2 fully saturated rings. The van der Waals surface area contributed by atoms with Crippen molar-refractivity contribution in [1.82, 2.24) is 9.80 Å². The van der Waals surface area contributed by atoms with Gasteiger partial charge in [-0.2, -0.15) is 0 Å². The van der Waals surface area contributed by atoms with E-state index in [0.717, 1.165) is 39.0 Å². The van der Waals surface area contributed by atoms with Gasteiger partial charge in [-0.25, -0.2) is 8.78 Å². The molecule has 2 aromatic rings. The minimum Gasteiger partial charge on any atom is -0.367 e. The average molecular weight is 385 g/mol. The van der Waals surface area contributed by atoms with Crippen LogP contribution in [0.4, 0.5) is 14.5 Å². The summed E-state index contributed by atoms with van der Waals surface area (Å²) in [5.74, 6) is -0.879. The molecule has 2 saturated heterocycles. The van der Waals surface area contributed by atoms with Gasteiger partial charge in [0.1, 0.15) is 11.6 Å². The second-order valence-corrected chi connectivity index (χ2v) is 7.50. The molecule has 1 atom stereocenters. The Hall–Kier alpha value is -2.47. The van der Waals surface area contributed by atoms with E-state index in [-0.39, 0.29) is 23.3 Å². The minimum atomic E-state index is -0.465. The normalized spacial score (nSPS) is 21.0. The molecule has 4 rings (SSSR count). The van der Waals surface area contributed by atoms with Crippen LogP contribution < -0.4 is 4.90 Å². The second-order valence-electron chi connectivity index (χ2n) is 7.50. The maximum absolute atomic E-state index is 14.0. The molecule has 0 radical (unpaired) electrons. The summed E-state index contributed by atoms with van der Waals surface area (Å²) in [6.07, 6.45) is 1.94. The quantitative estimate of drug-likeness (QED) is 0.810. The third kappa shape index (κ3) is 3.87. The Balaban J connectivity index is 1.37. The topological polar surface area (TPSA) is 26.8 Å². The van der Waals surface area contributed by atoms with Crippen LogP contribution in [0.15, 0.2) is 48.5 Å². The summed E-state index contributed by atoms with van der Waals surface area (Å²) in [7, 11) is 0. The Kier molecular flexibility index (Phi) is 5.57. The number of piperazine rings is 1. The van der Waals surface area contributed by atoms with Gasteiger partial charge >= 0.3 is 0 Å². The number of amides is 1. The second kappa shape index (κ2) is 8.27. The fourth-order valence-electron chi connectivity index (χ4n) is 4.28. The van der Waals surface area contributed by atoms with Gasteiger partial charge in [-0.15, -0.1) is 0 Å². The van der Waals surface area contributed by atoms with Gasteiger partial charge in [-0.1, -0.05) is 24.3 Å². The number of halogens is 2. The molecule has 0 N–H and O–H groups in total. The van der Waals surface area contributed by atoms with Crippen molar-refractivity contribution in [2.24, 2.45) is 0 Å². The molecule has 0 bridgehead atoms. The predicted molar refractivity (Wildman–Crippen MR) is 106 cm³/mol. The van der Waals surface area contributed by atoms with Gasteiger partial charge in [0.2, 0.25) is 0 Å². The van der Waals surface area contributed by atoms with Crippen LogP contribution >= 0.6 is 0 Å². The largest absolute Gasteiger partial charge is 0.367 e. The number of piperidine rings is 1. The first-order chi connectivity index (χ1) is 13.6. The molecule has 2 heterocycles. The number of rotatable bonds is 3. The van der Waals surface area contributed by atoms with Crippen molar-refractivity contribution in [3.8, 4) is 0 Å². The number of carbonyl (C=O) groups excluding carboxylic acids is 1. The van der Waals surface area contributed by atoms with Crippen LogP contribution in [0.25, 0.3) is 0 Å². The van der Waals surface area contributed by atoms with Crippen molar-refractivity contribution >= 4 is 11.6 Å². The van der Waals surface area contributed by atoms with Gasteiger partial charge in [0.25, 0.3) is 5.91 Å². The molecule has 1 amide bonds. The first kappa shape index (κ1) is 18.9. The van der Waals surface area contributed by atoms with Crippen LogP contribution in [0.2, 0.25) is 0 Å². The lowest BCUT2D eigenvalue weighted by molar-refractivity contribution is 0.0559. The highest BCUT2D eigenvalue weighted by atomic mass is 19.1. The van der Waals surface area contributed by atoms with E-state index < -0.39 is 5.82 Å². The summed E-state index contributed by atoms with van der Waals surface area (Å²) in [6.45, 7) is 4.48. The average Bonchev–Trinajstić information content (AvgIpc) is 2.74. The molecule has 1 unspecified atom stereocenters. The van der Waals surface area contributed by atoms with E-state index >= 15 is 0 Å². The van der Waals surface area contributed by atoms with Crippen molar-refractivity contribution in [2.45, 2.75) is 18.9 Å². The van der Waals surface area contributed by atoms with Crippen LogP contribution in [0, 0.1) is 11.6 Å². The number of para-hydroxylation sites is 1. The van der Waals surface area contributed by atoms with Gasteiger partial charge in [0.15, 0.2) is 0 Å². The monoisotopic (exact) mass is 385 g/mol. The lowest BCUT2D eigenvalue weighted by Gasteiger charge is -2.44. The number of hydrogen-bond acceptors (Lipinski definition) is 3. The fourth-order valence-corrected chi connectivity index (χ4v) is 4.28. The van der Waals surface area contributed by atoms with Crippen molar-refractivity contribution in [2.75, 3.05) is 44.2 Å². The standard InChI is InChI=1S/C22H25F2N3O/c23-19-8-2-1-7-18(19)22(28)27-11-5-6-17(16-27)25-12-14-26(15-13-25)21-10-4-3-9-20(21)24/h1-4,7-10,17H,5-6,11-16H2. The SMILES string of the molecule is O=C(c1ccccc1F)N1CCCC(N2CCN(c3ccccc3F)CC2)C1. The Labute approximate surface area is 164 Å². The number of anilines is 1. The molecule has 148 valence electrons. The molecule has 2 aliphatic rings. The molecule has 0 aliphatic carbocycles. The molecule has 0 saturated carbocycles. The lowest BCUT2D eigenvalue weighted by Crippen LogP contribution is -2.56. The summed E-state index contributed by atoms with van der Waals surface area (Å²) in [4.78, 5) is 19.0. The van der Waals surface area contributed by atoms with Crippen LogP contribution in [0.5, 0.6) is 0 Å². The molecular formula is C22H25F2N3O. The summed E-state index contributed by atoms with van der Waals surface area (Å²) in [5.41, 5.74) is 0.801. The van der Waals surface area contributed by atoms with Crippen molar-refractivity contribution < 1.29 is 13.6 Å². The van der Waals surface area contributed by atoms with Crippen LogP contribution in [0.1, 0.15) is 23.2 Å². The third-order valence-corrected chi connectivity index (χ3v) is 5.81. The zero-order valence-corrected chi connectivity index (χ0v) is 15.9. The van der Waals surface area contributed by atoms with Crippen molar-refractivity contribution in [1.29, 1.82) is 0 Å². The van der Waals surface area contributed by atoms with E-state index in [1.807, 2.05) is 12.1 Å². The summed E-state index contributed by atoms with van der Waals surface area (Å²) < 4.78 is 28.0. The summed E-state index contributed by atoms with van der Waals surface area (Å²) in [6, 6.07) is 13.3. The number of nitrogens with zero attached hydrogens (tertiary/aromatic N) is 3. The molecule has 28 heavy (non-hydrogen) atoms. The molecule has 2 aliphatic heterocycles. The Bertz CT molecular complexity index is 836. The maximum Gasteiger partial charge on any atom is 0.256 e. The number of carbonyl (C=O) groups is 1. The molecular weight excluding hydrogens is 360 g/mol. The van der Waals surface area contributed by atoms with Crippen LogP contribution in [-0.4, -0.2) is 61.0 Å². The van der Waals surface area contributed by atoms with Crippen molar-refractivity contribution in [3.63, 3.8) is 0 Å². The molecule has 0 spiro atoms. The highest BCUT2D eigenvalue weighted by Gasteiger charge is 2.31. The van der Waals surface area contributed by atoms with Gasteiger partial charge in [-0.3, -0.25) is 9.69 Å². The predicted octanol–water partition coefficient (Wildman–Crippen LogP) is 3.39. The first-order valence-corrected chi connectivity index (χ1v) is 9.91. The molecule has 2 aromatic carbocycles. The van der Waals surface area contributed by atoms with Gasteiger partial charge < -0.3 is 9.80 Å². The molecule has 0 aromatic heterocycles. The van der Waals surface area contributed by atoms with E-state index in [1.165, 1.54) is 12.1 Å². The van der Waals surface area contributed by atoms with E-state index in [1.54, 1.807) is 29.2 Å². The Morgan fingerprint density at radius 2 is 1.54 bits per heavy atom. The summed E-state index contributed by atoms with van der Waals surface area (Å²) >= 11 is 0.